The van der Waals surface area contributed by atoms with Crippen molar-refractivity contribution in [2.24, 2.45) is 11.8 Å². The largest absolute Gasteiger partial charge is 0.299 e. The summed E-state index contributed by atoms with van der Waals surface area (Å²) in [5, 5.41) is 0. The van der Waals surface area contributed by atoms with E-state index in [1.807, 2.05) is 0 Å². The Morgan fingerprint density at radius 3 is 0.875 bits per heavy atom. The Balaban J connectivity index is 3.47. The molecule has 0 saturated heterocycles. The minimum absolute atomic E-state index is 0.274. The van der Waals surface area contributed by atoms with Crippen LogP contribution in [0.4, 0.5) is 0 Å². The van der Waals surface area contributed by atoms with Gasteiger partial charge in [0.1, 0.15) is 5.78 Å². The highest BCUT2D eigenvalue weighted by Gasteiger charge is 2.19. The van der Waals surface area contributed by atoms with Crippen LogP contribution in [0.5, 0.6) is 0 Å². The lowest BCUT2D eigenvalue weighted by Gasteiger charge is -2.16. The maximum Gasteiger partial charge on any atom is 0.138 e. The molecule has 192 valence electrons. The molecule has 0 amide bonds. The predicted molar refractivity (Wildman–Crippen MR) is 145 cm³/mol. The summed E-state index contributed by atoms with van der Waals surface area (Å²) in [6.07, 6.45) is 32.7. The van der Waals surface area contributed by atoms with Crippen LogP contribution in [0.15, 0.2) is 0 Å². The summed E-state index contributed by atoms with van der Waals surface area (Å²) < 4.78 is 0. The maximum absolute atomic E-state index is 12.7. The number of Topliss-reactive ketones (excluding diaryl/α,β-unsaturated/α-hetero) is 1. The van der Waals surface area contributed by atoms with Crippen LogP contribution in [0.3, 0.4) is 0 Å². The fourth-order valence-electron chi connectivity index (χ4n) is 5.00. The number of carbonyl (C=O) groups is 1. The molecule has 0 radical (unpaired) electrons. The summed E-state index contributed by atoms with van der Waals surface area (Å²) in [6, 6.07) is 0. The van der Waals surface area contributed by atoms with Gasteiger partial charge in [0.15, 0.2) is 0 Å². The molecule has 0 saturated carbocycles. The fraction of sp³-hybridized carbons (Fsp3) is 0.968. The van der Waals surface area contributed by atoms with E-state index in [1.54, 1.807) is 0 Å². The van der Waals surface area contributed by atoms with Crippen molar-refractivity contribution in [1.82, 2.24) is 0 Å². The molecule has 1 heteroatoms. The standard InChI is InChI=1S/C31H62O/c1-5-7-9-11-13-15-17-19-21-23-25-27-29(3)31(32)30(4)28-26-24-22-20-18-16-14-12-10-8-6-2/h29-30H,5-28H2,1-4H3. The zero-order valence-electron chi connectivity index (χ0n) is 23.0. The smallest absolute Gasteiger partial charge is 0.138 e. The summed E-state index contributed by atoms with van der Waals surface area (Å²) in [5.74, 6) is 1.08. The number of hydrogen-bond donors (Lipinski definition) is 0. The van der Waals surface area contributed by atoms with Gasteiger partial charge in [0.25, 0.3) is 0 Å². The second kappa shape index (κ2) is 25.3. The lowest BCUT2D eigenvalue weighted by molar-refractivity contribution is -0.126. The Kier molecular flexibility index (Phi) is 25.0. The normalized spacial score (nSPS) is 13.4. The van der Waals surface area contributed by atoms with Crippen molar-refractivity contribution in [3.63, 3.8) is 0 Å². The maximum atomic E-state index is 12.7. The number of carbonyl (C=O) groups excluding carboxylic acids is 1. The summed E-state index contributed by atoms with van der Waals surface area (Å²) in [7, 11) is 0. The van der Waals surface area contributed by atoms with Gasteiger partial charge in [-0.25, -0.2) is 0 Å². The molecular formula is C31H62O. The van der Waals surface area contributed by atoms with Crippen LogP contribution in [-0.2, 0) is 4.79 Å². The number of rotatable bonds is 26. The molecule has 1 nitrogen and oxygen atoms in total. The van der Waals surface area contributed by atoms with Crippen molar-refractivity contribution in [2.45, 2.75) is 182 Å². The second-order valence-corrected chi connectivity index (χ2v) is 10.9. The van der Waals surface area contributed by atoms with E-state index in [2.05, 4.69) is 27.7 Å². The number of unbranched alkanes of at least 4 members (excludes halogenated alkanes) is 20. The Morgan fingerprint density at radius 2 is 0.625 bits per heavy atom. The van der Waals surface area contributed by atoms with Crippen LogP contribution in [0.1, 0.15) is 182 Å². The topological polar surface area (TPSA) is 17.1 Å². The van der Waals surface area contributed by atoms with Crippen LogP contribution < -0.4 is 0 Å². The first kappa shape index (κ1) is 31.7. The third kappa shape index (κ3) is 21.5. The van der Waals surface area contributed by atoms with Gasteiger partial charge in [-0.2, -0.15) is 0 Å². The fourth-order valence-corrected chi connectivity index (χ4v) is 5.00. The van der Waals surface area contributed by atoms with E-state index in [0.717, 1.165) is 12.8 Å². The van der Waals surface area contributed by atoms with Gasteiger partial charge < -0.3 is 0 Å². The van der Waals surface area contributed by atoms with Crippen molar-refractivity contribution in [3.05, 3.63) is 0 Å². The Bertz CT molecular complexity index is 341. The Hall–Kier alpha value is -0.330. The summed E-state index contributed by atoms with van der Waals surface area (Å²) in [6.45, 7) is 8.92. The molecular weight excluding hydrogens is 388 g/mol. The highest BCUT2D eigenvalue weighted by molar-refractivity contribution is 5.82. The first-order valence-corrected chi connectivity index (χ1v) is 15.2. The summed E-state index contributed by atoms with van der Waals surface area (Å²) in [4.78, 5) is 12.7. The van der Waals surface area contributed by atoms with E-state index >= 15 is 0 Å². The van der Waals surface area contributed by atoms with Crippen molar-refractivity contribution >= 4 is 5.78 Å². The molecule has 0 aliphatic rings. The Morgan fingerprint density at radius 1 is 0.406 bits per heavy atom. The van der Waals surface area contributed by atoms with Gasteiger partial charge in [-0.1, -0.05) is 169 Å². The first-order valence-electron chi connectivity index (χ1n) is 15.2. The molecule has 0 rings (SSSR count). The molecule has 32 heavy (non-hydrogen) atoms. The second-order valence-electron chi connectivity index (χ2n) is 10.9. The first-order chi connectivity index (χ1) is 15.6. The zero-order valence-corrected chi connectivity index (χ0v) is 23.0. The molecule has 0 N–H and O–H groups in total. The molecule has 2 unspecified atom stereocenters. The van der Waals surface area contributed by atoms with E-state index < -0.39 is 0 Å². The monoisotopic (exact) mass is 450 g/mol. The number of hydrogen-bond acceptors (Lipinski definition) is 1. The SMILES string of the molecule is CCCCCCCCCCCCCC(C)C(=O)C(C)CCCCCCCCCCCCC. The molecule has 0 aromatic heterocycles. The quantitative estimate of drug-likeness (QED) is 0.120. The lowest BCUT2D eigenvalue weighted by atomic mass is 9.88. The zero-order chi connectivity index (χ0) is 23.7. The van der Waals surface area contributed by atoms with E-state index in [4.69, 9.17) is 0 Å². The van der Waals surface area contributed by atoms with E-state index in [1.165, 1.54) is 141 Å². The van der Waals surface area contributed by atoms with Crippen LogP contribution >= 0.6 is 0 Å². The van der Waals surface area contributed by atoms with Gasteiger partial charge in [-0.3, -0.25) is 4.79 Å². The van der Waals surface area contributed by atoms with Gasteiger partial charge in [0, 0.05) is 11.8 Å². The lowest BCUT2D eigenvalue weighted by Crippen LogP contribution is -2.19. The average Bonchev–Trinajstić information content (AvgIpc) is 2.80. The highest BCUT2D eigenvalue weighted by atomic mass is 16.1. The van der Waals surface area contributed by atoms with Gasteiger partial charge >= 0.3 is 0 Å². The van der Waals surface area contributed by atoms with Crippen LogP contribution in [-0.4, -0.2) is 5.78 Å². The molecule has 0 aliphatic heterocycles. The molecule has 0 heterocycles. The van der Waals surface area contributed by atoms with E-state index in [-0.39, 0.29) is 11.8 Å². The van der Waals surface area contributed by atoms with Crippen LogP contribution in [0, 0.1) is 11.8 Å². The molecule has 0 bridgehead atoms. The molecule has 0 aliphatic carbocycles. The van der Waals surface area contributed by atoms with Crippen LogP contribution in [0.2, 0.25) is 0 Å². The molecule has 0 aromatic rings. The van der Waals surface area contributed by atoms with Gasteiger partial charge in [0.05, 0.1) is 0 Å². The van der Waals surface area contributed by atoms with Gasteiger partial charge in [-0.15, -0.1) is 0 Å². The van der Waals surface area contributed by atoms with Crippen molar-refractivity contribution in [1.29, 1.82) is 0 Å². The molecule has 0 aromatic carbocycles. The minimum Gasteiger partial charge on any atom is -0.299 e. The highest BCUT2D eigenvalue weighted by Crippen LogP contribution is 2.21. The van der Waals surface area contributed by atoms with Gasteiger partial charge in [0.2, 0.25) is 0 Å². The van der Waals surface area contributed by atoms with Crippen molar-refractivity contribution < 1.29 is 4.79 Å². The van der Waals surface area contributed by atoms with Crippen molar-refractivity contribution in [2.75, 3.05) is 0 Å². The Labute approximate surface area is 204 Å². The minimum atomic E-state index is 0.274. The van der Waals surface area contributed by atoms with Gasteiger partial charge in [-0.05, 0) is 12.8 Å². The third-order valence-electron chi connectivity index (χ3n) is 7.45. The average molecular weight is 451 g/mol. The number of ketones is 1. The summed E-state index contributed by atoms with van der Waals surface area (Å²) in [5.41, 5.74) is 0. The van der Waals surface area contributed by atoms with Crippen LogP contribution in [0.25, 0.3) is 0 Å². The predicted octanol–water partition coefficient (Wildman–Crippen LogP) is 11.2. The molecule has 0 spiro atoms. The van der Waals surface area contributed by atoms with Crippen molar-refractivity contribution in [3.8, 4) is 0 Å². The van der Waals surface area contributed by atoms with E-state index in [9.17, 15) is 4.79 Å². The summed E-state index contributed by atoms with van der Waals surface area (Å²) >= 11 is 0. The molecule has 2 atom stereocenters. The van der Waals surface area contributed by atoms with E-state index in [0.29, 0.717) is 5.78 Å². The molecule has 0 fully saturated rings. The third-order valence-corrected chi connectivity index (χ3v) is 7.45.